The minimum Gasteiger partial charge on any atom is -0.0905 e. The maximum atomic E-state index is 4.73. The molecule has 7 rings (SSSR count). The van der Waals surface area contributed by atoms with Gasteiger partial charge in [0.05, 0.1) is 0 Å². The first-order valence-corrected chi connectivity index (χ1v) is 21.9. The summed E-state index contributed by atoms with van der Waals surface area (Å²) in [6.45, 7) is 24.5. The molecule has 7 aromatic carbocycles. The van der Waals surface area contributed by atoms with E-state index in [-0.39, 0.29) is 11.8 Å². The first kappa shape index (κ1) is 44.4. The standard InChI is InChI=1S/C53H50.C4H10.C2H6/c1-6-37(2)51-40(5)49(43-31-27-41(28-32-43)38(3)52(45-19-11-7-12-20-45)46-21-13-8-14-22-46)35-36-50(51)44-33-29-42(30-34-44)39(4)53(47-23-15-9-16-24-47)48-25-17-10-18-26-48;1-4(2)3;1-2/h7-36,38-39,52-53H,5-6H2,1-4H3;4H,1-3H3;1-2H3/b51-37-;;. The normalized spacial score (nSPS) is 12.5. The van der Waals surface area contributed by atoms with E-state index in [1.807, 2.05) is 13.8 Å². The van der Waals surface area contributed by atoms with Crippen molar-refractivity contribution in [2.75, 3.05) is 0 Å². The van der Waals surface area contributed by atoms with Crippen LogP contribution in [0.25, 0.3) is 34.4 Å². The molecule has 0 heterocycles. The lowest BCUT2D eigenvalue weighted by Crippen LogP contribution is -2.29. The van der Waals surface area contributed by atoms with Crippen LogP contribution in [0.1, 0.15) is 126 Å². The van der Waals surface area contributed by atoms with Crippen LogP contribution >= 0.6 is 0 Å². The molecule has 7 aromatic rings. The zero-order valence-electron chi connectivity index (χ0n) is 37.1. The summed E-state index contributed by atoms with van der Waals surface area (Å²) < 4.78 is 0. The largest absolute Gasteiger partial charge is 0.0905 e. The van der Waals surface area contributed by atoms with Crippen molar-refractivity contribution < 1.29 is 0 Å². The number of hydrogen-bond acceptors (Lipinski definition) is 0. The van der Waals surface area contributed by atoms with Crippen LogP contribution in [0, 0.1) is 5.92 Å². The van der Waals surface area contributed by atoms with E-state index in [2.05, 4.69) is 230 Å². The van der Waals surface area contributed by atoms with Gasteiger partial charge in [-0.15, -0.1) is 0 Å². The molecule has 2 atom stereocenters. The molecule has 0 nitrogen and oxygen atoms in total. The number of rotatable bonds is 11. The van der Waals surface area contributed by atoms with Crippen LogP contribution < -0.4 is 10.4 Å². The lowest BCUT2D eigenvalue weighted by atomic mass is 9.78. The molecular formula is C59H66. The van der Waals surface area contributed by atoms with Crippen LogP contribution in [0.3, 0.4) is 0 Å². The van der Waals surface area contributed by atoms with Crippen LogP contribution in [-0.2, 0) is 0 Å². The van der Waals surface area contributed by atoms with E-state index in [9.17, 15) is 0 Å². The smallest absolute Gasteiger partial charge is 0.0155 e. The summed E-state index contributed by atoms with van der Waals surface area (Å²) in [4.78, 5) is 0. The van der Waals surface area contributed by atoms with Crippen molar-refractivity contribution in [3.05, 3.63) is 226 Å². The minimum absolute atomic E-state index is 0.274. The SMILES string of the molecule is C=c1c(-c2ccc(C(C)C(c3ccccc3)c3ccccc3)cc2)ccc(-c2ccc(C(C)C(c3ccccc3)c3ccccc3)cc2)/c1=C(/C)CC.CC.CC(C)C. The van der Waals surface area contributed by atoms with Gasteiger partial charge >= 0.3 is 0 Å². The highest BCUT2D eigenvalue weighted by molar-refractivity contribution is 5.74. The molecule has 2 unspecified atom stereocenters. The van der Waals surface area contributed by atoms with Gasteiger partial charge in [-0.2, -0.15) is 0 Å². The fourth-order valence-electron chi connectivity index (χ4n) is 8.32. The molecule has 0 heteroatoms. The maximum absolute atomic E-state index is 4.73. The second-order valence-electron chi connectivity index (χ2n) is 16.3. The Bertz CT molecular complexity index is 2310. The molecule has 0 aliphatic heterocycles. The van der Waals surface area contributed by atoms with Gasteiger partial charge in [-0.25, -0.2) is 0 Å². The summed E-state index contributed by atoms with van der Waals surface area (Å²) in [6.07, 6.45) is 0.973. The van der Waals surface area contributed by atoms with Gasteiger partial charge in [-0.1, -0.05) is 250 Å². The highest BCUT2D eigenvalue weighted by Gasteiger charge is 2.24. The van der Waals surface area contributed by atoms with Gasteiger partial charge in [0.1, 0.15) is 0 Å². The van der Waals surface area contributed by atoms with Gasteiger partial charge in [0.25, 0.3) is 0 Å². The van der Waals surface area contributed by atoms with Crippen molar-refractivity contribution in [3.8, 4) is 22.3 Å². The molecular weight excluding hydrogens is 709 g/mol. The number of benzene rings is 7. The predicted molar refractivity (Wildman–Crippen MR) is 260 cm³/mol. The monoisotopic (exact) mass is 775 g/mol. The minimum atomic E-state index is 0.274. The molecule has 0 aliphatic rings. The Morgan fingerprint density at radius 1 is 0.407 bits per heavy atom. The van der Waals surface area contributed by atoms with Gasteiger partial charge in [0.2, 0.25) is 0 Å². The molecule has 0 bridgehead atoms. The zero-order chi connectivity index (χ0) is 42.3. The Balaban J connectivity index is 0.00000104. The van der Waals surface area contributed by atoms with Gasteiger partial charge in [-0.3, -0.25) is 0 Å². The maximum Gasteiger partial charge on any atom is 0.0155 e. The molecule has 0 saturated heterocycles. The average molecular weight is 775 g/mol. The van der Waals surface area contributed by atoms with Gasteiger partial charge < -0.3 is 0 Å². The Morgan fingerprint density at radius 3 is 1.00 bits per heavy atom. The van der Waals surface area contributed by atoms with Crippen molar-refractivity contribution in [3.63, 3.8) is 0 Å². The molecule has 0 spiro atoms. The number of hydrogen-bond donors (Lipinski definition) is 0. The fourth-order valence-corrected chi connectivity index (χ4v) is 8.32. The van der Waals surface area contributed by atoms with Crippen molar-refractivity contribution in [1.29, 1.82) is 0 Å². The second-order valence-corrected chi connectivity index (χ2v) is 16.3. The van der Waals surface area contributed by atoms with Crippen LogP contribution in [0.2, 0.25) is 0 Å². The van der Waals surface area contributed by atoms with E-state index in [1.165, 1.54) is 66.4 Å². The van der Waals surface area contributed by atoms with E-state index in [1.54, 1.807) is 0 Å². The predicted octanol–water partition coefficient (Wildman–Crippen LogP) is 15.6. The van der Waals surface area contributed by atoms with E-state index in [4.69, 9.17) is 6.58 Å². The molecule has 0 amide bonds. The van der Waals surface area contributed by atoms with Crippen LogP contribution in [0.4, 0.5) is 0 Å². The molecule has 0 fully saturated rings. The van der Waals surface area contributed by atoms with E-state index in [0.29, 0.717) is 11.8 Å². The van der Waals surface area contributed by atoms with Gasteiger partial charge in [-0.05, 0) is 97.2 Å². The van der Waals surface area contributed by atoms with Gasteiger partial charge in [0.15, 0.2) is 0 Å². The van der Waals surface area contributed by atoms with Crippen molar-refractivity contribution in [2.45, 2.75) is 92.4 Å². The molecule has 0 aliphatic carbocycles. The Hall–Kier alpha value is -5.72. The summed E-state index contributed by atoms with van der Waals surface area (Å²) >= 11 is 0. The molecule has 0 aromatic heterocycles. The van der Waals surface area contributed by atoms with Crippen LogP contribution in [0.15, 0.2) is 182 Å². The Kier molecular flexibility index (Phi) is 16.5. The zero-order valence-corrected chi connectivity index (χ0v) is 37.1. The first-order chi connectivity index (χ1) is 28.7. The first-order valence-electron chi connectivity index (χ1n) is 21.9. The molecule has 59 heavy (non-hydrogen) atoms. The lowest BCUT2D eigenvalue weighted by molar-refractivity contribution is 0.657. The third-order valence-corrected chi connectivity index (χ3v) is 11.4. The highest BCUT2D eigenvalue weighted by Crippen LogP contribution is 2.40. The molecule has 0 N–H and O–H groups in total. The van der Waals surface area contributed by atoms with Gasteiger partial charge in [0, 0.05) is 11.8 Å². The van der Waals surface area contributed by atoms with Crippen molar-refractivity contribution >= 4 is 12.2 Å². The van der Waals surface area contributed by atoms with E-state index >= 15 is 0 Å². The van der Waals surface area contributed by atoms with E-state index < -0.39 is 0 Å². The molecule has 0 radical (unpaired) electrons. The summed E-state index contributed by atoms with van der Waals surface area (Å²) in [5.41, 5.74) is 14.3. The third-order valence-electron chi connectivity index (χ3n) is 11.4. The van der Waals surface area contributed by atoms with E-state index in [0.717, 1.165) is 17.6 Å². The third kappa shape index (κ3) is 11.1. The topological polar surface area (TPSA) is 0 Å². The fraction of sp³-hybridized carbons (Fsp3) is 0.254. The lowest BCUT2D eigenvalue weighted by Gasteiger charge is -2.26. The summed E-state index contributed by atoms with van der Waals surface area (Å²) in [5.74, 6) is 2.00. The van der Waals surface area contributed by atoms with Crippen LogP contribution in [0.5, 0.6) is 0 Å². The Morgan fingerprint density at radius 2 is 0.695 bits per heavy atom. The Labute approximate surface area is 357 Å². The molecule has 302 valence electrons. The van der Waals surface area contributed by atoms with Crippen molar-refractivity contribution in [2.24, 2.45) is 5.92 Å². The summed E-state index contributed by atoms with van der Waals surface area (Å²) in [5, 5.41) is 2.36. The second kappa shape index (κ2) is 21.9. The summed E-state index contributed by atoms with van der Waals surface area (Å²) in [7, 11) is 0. The molecule has 0 saturated carbocycles. The van der Waals surface area contributed by atoms with Crippen LogP contribution in [-0.4, -0.2) is 0 Å². The van der Waals surface area contributed by atoms with Crippen molar-refractivity contribution in [1.82, 2.24) is 0 Å². The highest BCUT2D eigenvalue weighted by atomic mass is 14.3. The average Bonchev–Trinajstić information content (AvgIpc) is 3.28. The summed E-state index contributed by atoms with van der Waals surface area (Å²) in [6, 6.07) is 66.8. The quantitative estimate of drug-likeness (QED) is 0.123.